The molecule has 2 nitrogen and oxygen atoms in total. The molecule has 116 valence electrons. The van der Waals surface area contributed by atoms with E-state index in [2.05, 4.69) is 59.4 Å². The highest BCUT2D eigenvalue weighted by Gasteiger charge is 2.08. The zero-order chi connectivity index (χ0) is 15.9. The molecule has 0 unspecified atom stereocenters. The van der Waals surface area contributed by atoms with Gasteiger partial charge in [0.25, 0.3) is 5.91 Å². The first kappa shape index (κ1) is 16.8. The summed E-state index contributed by atoms with van der Waals surface area (Å²) < 4.78 is 0.830. The van der Waals surface area contributed by atoms with Crippen molar-refractivity contribution in [2.75, 3.05) is 6.54 Å². The van der Waals surface area contributed by atoms with Crippen LogP contribution in [0.2, 0.25) is 0 Å². The zero-order valence-corrected chi connectivity index (χ0v) is 14.7. The van der Waals surface area contributed by atoms with Crippen molar-refractivity contribution in [3.05, 3.63) is 69.7 Å². The summed E-state index contributed by atoms with van der Waals surface area (Å²) >= 11 is 3.40. The van der Waals surface area contributed by atoms with Gasteiger partial charge in [-0.2, -0.15) is 0 Å². The topological polar surface area (TPSA) is 29.1 Å². The number of rotatable bonds is 6. The van der Waals surface area contributed by atoms with Crippen LogP contribution in [0.3, 0.4) is 0 Å². The Labute approximate surface area is 141 Å². The van der Waals surface area contributed by atoms with Gasteiger partial charge in [0, 0.05) is 11.0 Å². The number of amides is 1. The Morgan fingerprint density at radius 1 is 1.09 bits per heavy atom. The van der Waals surface area contributed by atoms with Crippen molar-refractivity contribution in [3.8, 4) is 0 Å². The van der Waals surface area contributed by atoms with Gasteiger partial charge in [-0.1, -0.05) is 50.2 Å². The third kappa shape index (κ3) is 4.70. The van der Waals surface area contributed by atoms with Gasteiger partial charge in [-0.3, -0.25) is 4.79 Å². The van der Waals surface area contributed by atoms with Gasteiger partial charge in [-0.05, 0) is 57.9 Å². The average Bonchev–Trinajstić information content (AvgIpc) is 2.52. The van der Waals surface area contributed by atoms with Crippen LogP contribution in [-0.2, 0) is 6.42 Å². The van der Waals surface area contributed by atoms with Gasteiger partial charge in [0.05, 0.1) is 5.56 Å². The molecule has 0 aliphatic carbocycles. The first-order valence-corrected chi connectivity index (χ1v) is 8.49. The quantitative estimate of drug-likeness (QED) is 0.727. The molecule has 0 saturated carbocycles. The monoisotopic (exact) mass is 359 g/mol. The van der Waals surface area contributed by atoms with Crippen LogP contribution < -0.4 is 5.32 Å². The largest absolute Gasteiger partial charge is 0.352 e. The second kappa shape index (κ2) is 8.14. The smallest absolute Gasteiger partial charge is 0.252 e. The van der Waals surface area contributed by atoms with Crippen LogP contribution in [0.15, 0.2) is 53.0 Å². The van der Waals surface area contributed by atoms with Gasteiger partial charge in [0.15, 0.2) is 0 Å². The minimum atomic E-state index is -0.0253. The van der Waals surface area contributed by atoms with E-state index in [1.807, 2.05) is 24.3 Å². The summed E-state index contributed by atoms with van der Waals surface area (Å²) in [5.74, 6) is 0.542. The Morgan fingerprint density at radius 3 is 2.41 bits per heavy atom. The molecule has 2 rings (SSSR count). The predicted molar refractivity (Wildman–Crippen MR) is 95.3 cm³/mol. The van der Waals surface area contributed by atoms with Crippen molar-refractivity contribution in [3.63, 3.8) is 0 Å². The van der Waals surface area contributed by atoms with Crippen molar-refractivity contribution in [1.29, 1.82) is 0 Å². The number of carbonyl (C=O) groups is 1. The Kier molecular flexibility index (Phi) is 6.20. The summed E-state index contributed by atoms with van der Waals surface area (Å²) in [6, 6.07) is 16.2. The molecule has 1 N–H and O–H groups in total. The Balaban J connectivity index is 1.77. The number of hydrogen-bond donors (Lipinski definition) is 1. The first-order valence-electron chi connectivity index (χ1n) is 7.69. The number of halogens is 1. The lowest BCUT2D eigenvalue weighted by Gasteiger charge is -2.08. The minimum absolute atomic E-state index is 0.0253. The third-order valence-corrected chi connectivity index (χ3v) is 4.38. The molecule has 0 heterocycles. The SMILES string of the molecule is CC(C)c1ccc(CCCNC(=O)c2ccccc2Br)cc1. The van der Waals surface area contributed by atoms with Crippen LogP contribution in [0.5, 0.6) is 0 Å². The number of nitrogens with one attached hydrogen (secondary N) is 1. The van der Waals surface area contributed by atoms with E-state index < -0.39 is 0 Å². The fraction of sp³-hybridized carbons (Fsp3) is 0.316. The molecule has 3 heteroatoms. The molecule has 0 fully saturated rings. The van der Waals surface area contributed by atoms with Gasteiger partial charge < -0.3 is 5.32 Å². The molecule has 1 amide bonds. The van der Waals surface area contributed by atoms with Gasteiger partial charge in [-0.25, -0.2) is 0 Å². The molecule has 0 aliphatic rings. The van der Waals surface area contributed by atoms with Crippen LogP contribution in [-0.4, -0.2) is 12.5 Å². The minimum Gasteiger partial charge on any atom is -0.352 e. The third-order valence-electron chi connectivity index (χ3n) is 3.69. The van der Waals surface area contributed by atoms with Crippen LogP contribution in [0.4, 0.5) is 0 Å². The summed E-state index contributed by atoms with van der Waals surface area (Å²) in [6.45, 7) is 5.09. The lowest BCUT2D eigenvalue weighted by Crippen LogP contribution is -2.25. The average molecular weight is 360 g/mol. The number of carbonyl (C=O) groups excluding carboxylic acids is 1. The van der Waals surface area contributed by atoms with Crippen molar-refractivity contribution in [2.45, 2.75) is 32.6 Å². The molecule has 0 aromatic heterocycles. The number of benzene rings is 2. The maximum absolute atomic E-state index is 12.1. The molecule has 0 radical (unpaired) electrons. The molecule has 2 aromatic carbocycles. The fourth-order valence-electron chi connectivity index (χ4n) is 2.30. The van der Waals surface area contributed by atoms with Crippen molar-refractivity contribution >= 4 is 21.8 Å². The lowest BCUT2D eigenvalue weighted by atomic mass is 10.0. The van der Waals surface area contributed by atoms with Crippen LogP contribution >= 0.6 is 15.9 Å². The molecule has 2 aromatic rings. The molecule has 22 heavy (non-hydrogen) atoms. The van der Waals surface area contributed by atoms with Crippen LogP contribution in [0.25, 0.3) is 0 Å². The molecule has 0 saturated heterocycles. The molecular weight excluding hydrogens is 338 g/mol. The summed E-state index contributed by atoms with van der Waals surface area (Å²) in [5.41, 5.74) is 3.37. The molecule has 0 atom stereocenters. The zero-order valence-electron chi connectivity index (χ0n) is 13.1. The fourth-order valence-corrected chi connectivity index (χ4v) is 2.77. The summed E-state index contributed by atoms with van der Waals surface area (Å²) in [6.07, 6.45) is 1.92. The highest BCUT2D eigenvalue weighted by atomic mass is 79.9. The van der Waals surface area contributed by atoms with E-state index in [1.54, 1.807) is 0 Å². The Bertz CT molecular complexity index is 620. The highest BCUT2D eigenvalue weighted by molar-refractivity contribution is 9.10. The molecule has 0 spiro atoms. The Morgan fingerprint density at radius 2 is 1.77 bits per heavy atom. The number of hydrogen-bond acceptors (Lipinski definition) is 1. The van der Waals surface area contributed by atoms with E-state index in [9.17, 15) is 4.79 Å². The maximum atomic E-state index is 12.1. The second-order valence-corrected chi connectivity index (χ2v) is 6.59. The molecule has 0 aliphatic heterocycles. The summed E-state index contributed by atoms with van der Waals surface area (Å²) in [4.78, 5) is 12.1. The predicted octanol–water partition coefficient (Wildman–Crippen LogP) is 4.94. The Hall–Kier alpha value is -1.61. The van der Waals surface area contributed by atoms with E-state index in [4.69, 9.17) is 0 Å². The van der Waals surface area contributed by atoms with Crippen molar-refractivity contribution < 1.29 is 4.79 Å². The van der Waals surface area contributed by atoms with E-state index in [1.165, 1.54) is 11.1 Å². The van der Waals surface area contributed by atoms with Gasteiger partial charge in [0.2, 0.25) is 0 Å². The van der Waals surface area contributed by atoms with Gasteiger partial charge in [-0.15, -0.1) is 0 Å². The van der Waals surface area contributed by atoms with E-state index in [-0.39, 0.29) is 5.91 Å². The second-order valence-electron chi connectivity index (χ2n) is 5.74. The summed E-state index contributed by atoms with van der Waals surface area (Å²) in [5, 5.41) is 2.97. The highest BCUT2D eigenvalue weighted by Crippen LogP contribution is 2.16. The molecule has 0 bridgehead atoms. The van der Waals surface area contributed by atoms with E-state index >= 15 is 0 Å². The summed E-state index contributed by atoms with van der Waals surface area (Å²) in [7, 11) is 0. The maximum Gasteiger partial charge on any atom is 0.252 e. The van der Waals surface area contributed by atoms with Gasteiger partial charge in [0.1, 0.15) is 0 Å². The van der Waals surface area contributed by atoms with Gasteiger partial charge >= 0.3 is 0 Å². The standard InChI is InChI=1S/C19H22BrNO/c1-14(2)16-11-9-15(10-12-16)6-5-13-21-19(22)17-7-3-4-8-18(17)20/h3-4,7-12,14H,5-6,13H2,1-2H3,(H,21,22). The first-order chi connectivity index (χ1) is 10.6. The lowest BCUT2D eigenvalue weighted by molar-refractivity contribution is 0.0952. The van der Waals surface area contributed by atoms with Crippen molar-refractivity contribution in [1.82, 2.24) is 5.32 Å². The van der Waals surface area contributed by atoms with Crippen molar-refractivity contribution in [2.24, 2.45) is 0 Å². The normalized spacial score (nSPS) is 10.7. The van der Waals surface area contributed by atoms with E-state index in [0.29, 0.717) is 18.0 Å². The van der Waals surface area contributed by atoms with Crippen LogP contribution in [0.1, 0.15) is 47.7 Å². The van der Waals surface area contributed by atoms with Crippen LogP contribution in [0, 0.1) is 0 Å². The molecular formula is C19H22BrNO. The van der Waals surface area contributed by atoms with E-state index in [0.717, 1.165) is 17.3 Å². The number of aryl methyl sites for hydroxylation is 1.